The number of rotatable bonds is 4. The van der Waals surface area contributed by atoms with Crippen LogP contribution in [0.15, 0.2) is 58.6 Å². The molecule has 1 unspecified atom stereocenters. The van der Waals surface area contributed by atoms with E-state index < -0.39 is 0 Å². The largest absolute Gasteiger partial charge is 0.326 e. The summed E-state index contributed by atoms with van der Waals surface area (Å²) in [6.45, 7) is 3.94. The summed E-state index contributed by atoms with van der Waals surface area (Å²) in [6, 6.07) is 12.9. The van der Waals surface area contributed by atoms with Crippen molar-refractivity contribution in [2.24, 2.45) is 0 Å². The SMILES string of the molecule is Cc1ccc(C)c(NC(=O)CC2CSc3nc4c(cnn4-c4ccc(Cl)cc4)c(=O)n32)c1. The average molecular weight is 466 g/mol. The Bertz CT molecular complexity index is 1410. The van der Waals surface area contributed by atoms with E-state index in [4.69, 9.17) is 16.6 Å². The molecular formula is C23H20ClN5O2S. The Morgan fingerprint density at radius 2 is 2.00 bits per heavy atom. The molecule has 0 radical (unpaired) electrons. The first kappa shape index (κ1) is 20.8. The zero-order valence-corrected chi connectivity index (χ0v) is 19.1. The molecule has 3 heterocycles. The first-order valence-corrected chi connectivity index (χ1v) is 11.5. The van der Waals surface area contributed by atoms with Gasteiger partial charge in [-0.3, -0.25) is 14.2 Å². The van der Waals surface area contributed by atoms with Crippen LogP contribution in [0.1, 0.15) is 23.6 Å². The van der Waals surface area contributed by atoms with Gasteiger partial charge < -0.3 is 5.32 Å². The fourth-order valence-electron chi connectivity index (χ4n) is 3.84. The van der Waals surface area contributed by atoms with E-state index in [0.29, 0.717) is 27.0 Å². The molecule has 2 aromatic heterocycles. The van der Waals surface area contributed by atoms with Crippen molar-refractivity contribution in [2.45, 2.75) is 31.5 Å². The van der Waals surface area contributed by atoms with Gasteiger partial charge in [-0.2, -0.15) is 5.10 Å². The summed E-state index contributed by atoms with van der Waals surface area (Å²) in [7, 11) is 0. The molecule has 0 aliphatic carbocycles. The van der Waals surface area contributed by atoms with Crippen LogP contribution in [0.4, 0.5) is 5.69 Å². The Balaban J connectivity index is 1.44. The van der Waals surface area contributed by atoms with E-state index in [9.17, 15) is 9.59 Å². The van der Waals surface area contributed by atoms with E-state index in [0.717, 1.165) is 22.5 Å². The fourth-order valence-corrected chi connectivity index (χ4v) is 5.09. The molecule has 0 fully saturated rings. The Labute approximate surface area is 193 Å². The smallest absolute Gasteiger partial charge is 0.265 e. The van der Waals surface area contributed by atoms with Crippen LogP contribution in [-0.2, 0) is 4.79 Å². The lowest BCUT2D eigenvalue weighted by atomic mass is 10.1. The summed E-state index contributed by atoms with van der Waals surface area (Å²) >= 11 is 7.46. The van der Waals surface area contributed by atoms with Gasteiger partial charge in [0.1, 0.15) is 5.39 Å². The van der Waals surface area contributed by atoms with E-state index in [1.807, 2.05) is 44.2 Å². The van der Waals surface area contributed by atoms with E-state index >= 15 is 0 Å². The second-order valence-electron chi connectivity index (χ2n) is 7.88. The van der Waals surface area contributed by atoms with E-state index in [1.54, 1.807) is 21.4 Å². The number of hydrogen-bond acceptors (Lipinski definition) is 5. The number of nitrogens with zero attached hydrogens (tertiary/aromatic N) is 4. The van der Waals surface area contributed by atoms with Crippen molar-refractivity contribution in [1.82, 2.24) is 19.3 Å². The standard InChI is InChI=1S/C23H20ClN5O2S/c1-13-3-4-14(2)19(9-13)26-20(30)10-17-12-32-23-27-21-18(22(31)28(17)23)11-25-29(21)16-7-5-15(24)6-8-16/h3-9,11,17H,10,12H2,1-2H3,(H,26,30). The Kier molecular flexibility index (Phi) is 5.27. The van der Waals surface area contributed by atoms with Crippen molar-refractivity contribution in [2.75, 3.05) is 11.1 Å². The number of nitrogens with one attached hydrogen (secondary N) is 1. The van der Waals surface area contributed by atoms with Crippen LogP contribution in [0.25, 0.3) is 16.7 Å². The van der Waals surface area contributed by atoms with Crippen LogP contribution >= 0.6 is 23.4 Å². The highest BCUT2D eigenvalue weighted by Gasteiger charge is 2.29. The first-order chi connectivity index (χ1) is 15.4. The predicted octanol–water partition coefficient (Wildman–Crippen LogP) is 4.53. The Hall–Kier alpha value is -3.10. The van der Waals surface area contributed by atoms with Crippen molar-refractivity contribution in [3.63, 3.8) is 0 Å². The summed E-state index contributed by atoms with van der Waals surface area (Å²) in [5, 5.41) is 8.99. The number of anilines is 1. The summed E-state index contributed by atoms with van der Waals surface area (Å²) in [6.07, 6.45) is 1.73. The van der Waals surface area contributed by atoms with Crippen molar-refractivity contribution in [3.8, 4) is 5.69 Å². The van der Waals surface area contributed by atoms with Gasteiger partial charge in [-0.05, 0) is 55.3 Å². The van der Waals surface area contributed by atoms with E-state index in [2.05, 4.69) is 10.4 Å². The Morgan fingerprint density at radius 1 is 1.22 bits per heavy atom. The molecule has 9 heteroatoms. The number of aromatic nitrogens is 4. The fraction of sp³-hybridized carbons (Fsp3) is 0.217. The van der Waals surface area contributed by atoms with Gasteiger partial charge in [0.15, 0.2) is 10.8 Å². The summed E-state index contributed by atoms with van der Waals surface area (Å²) in [5.74, 6) is 0.490. The molecule has 0 spiro atoms. The molecular weight excluding hydrogens is 446 g/mol. The van der Waals surface area contributed by atoms with Crippen molar-refractivity contribution in [1.29, 1.82) is 0 Å². The molecule has 32 heavy (non-hydrogen) atoms. The van der Waals surface area contributed by atoms with Gasteiger partial charge in [-0.1, -0.05) is 35.5 Å². The van der Waals surface area contributed by atoms with Gasteiger partial charge in [0, 0.05) is 22.9 Å². The van der Waals surface area contributed by atoms with Gasteiger partial charge in [0.2, 0.25) is 5.91 Å². The lowest BCUT2D eigenvalue weighted by Gasteiger charge is -2.14. The highest BCUT2D eigenvalue weighted by atomic mass is 35.5. The number of amides is 1. The maximum absolute atomic E-state index is 13.3. The highest BCUT2D eigenvalue weighted by Crippen LogP contribution is 2.33. The lowest BCUT2D eigenvalue weighted by Crippen LogP contribution is -2.27. The number of carbonyl (C=O) groups excluding carboxylic acids is 1. The third kappa shape index (κ3) is 3.69. The number of fused-ring (bicyclic) bond motifs is 2. The molecule has 2 aromatic carbocycles. The molecule has 1 aliphatic rings. The van der Waals surface area contributed by atoms with Crippen LogP contribution in [-0.4, -0.2) is 31.0 Å². The first-order valence-electron chi connectivity index (χ1n) is 10.2. The third-order valence-electron chi connectivity index (χ3n) is 5.53. The molecule has 162 valence electrons. The number of hydrogen-bond donors (Lipinski definition) is 1. The van der Waals surface area contributed by atoms with Gasteiger partial charge in [-0.15, -0.1) is 0 Å². The molecule has 0 saturated heterocycles. The normalized spacial score (nSPS) is 15.2. The number of halogens is 1. The topological polar surface area (TPSA) is 81.8 Å². The maximum Gasteiger partial charge on any atom is 0.265 e. The summed E-state index contributed by atoms with van der Waals surface area (Å²) in [5.41, 5.74) is 3.96. The van der Waals surface area contributed by atoms with Crippen LogP contribution in [0, 0.1) is 13.8 Å². The third-order valence-corrected chi connectivity index (χ3v) is 6.88. The summed E-state index contributed by atoms with van der Waals surface area (Å²) < 4.78 is 3.26. The maximum atomic E-state index is 13.3. The summed E-state index contributed by atoms with van der Waals surface area (Å²) in [4.78, 5) is 30.7. The molecule has 7 nitrogen and oxygen atoms in total. The van der Waals surface area contributed by atoms with Crippen molar-refractivity contribution >= 4 is 46.0 Å². The highest BCUT2D eigenvalue weighted by molar-refractivity contribution is 7.99. The second-order valence-corrected chi connectivity index (χ2v) is 9.30. The zero-order valence-electron chi connectivity index (χ0n) is 17.5. The molecule has 0 saturated carbocycles. The molecule has 1 amide bonds. The Morgan fingerprint density at radius 3 is 2.78 bits per heavy atom. The second kappa shape index (κ2) is 8.11. The van der Waals surface area contributed by atoms with Crippen molar-refractivity contribution in [3.05, 3.63) is 75.2 Å². The van der Waals surface area contributed by atoms with Gasteiger partial charge in [0.05, 0.1) is 17.9 Å². The zero-order chi connectivity index (χ0) is 22.4. The van der Waals surface area contributed by atoms with Crippen LogP contribution in [0.3, 0.4) is 0 Å². The van der Waals surface area contributed by atoms with Crippen LogP contribution < -0.4 is 10.9 Å². The number of thioether (sulfide) groups is 1. The van der Waals surface area contributed by atoms with Crippen LogP contribution in [0.5, 0.6) is 0 Å². The number of benzene rings is 2. The molecule has 1 aliphatic heterocycles. The molecule has 1 N–H and O–H groups in total. The quantitative estimate of drug-likeness (QED) is 0.448. The molecule has 4 aromatic rings. The lowest BCUT2D eigenvalue weighted by molar-refractivity contribution is -0.116. The van der Waals surface area contributed by atoms with E-state index in [-0.39, 0.29) is 23.9 Å². The number of aryl methyl sites for hydroxylation is 2. The van der Waals surface area contributed by atoms with Gasteiger partial charge in [0.25, 0.3) is 5.56 Å². The predicted molar refractivity (Wildman–Crippen MR) is 127 cm³/mol. The number of carbonyl (C=O) groups is 1. The minimum absolute atomic E-state index is 0.124. The van der Waals surface area contributed by atoms with Crippen molar-refractivity contribution < 1.29 is 4.79 Å². The average Bonchev–Trinajstić information content (AvgIpc) is 3.36. The molecule has 1 atom stereocenters. The minimum atomic E-state index is -0.261. The van der Waals surface area contributed by atoms with Gasteiger partial charge >= 0.3 is 0 Å². The minimum Gasteiger partial charge on any atom is -0.326 e. The molecule has 0 bridgehead atoms. The monoisotopic (exact) mass is 465 g/mol. The molecule has 5 rings (SSSR count). The van der Waals surface area contributed by atoms with Gasteiger partial charge in [-0.25, -0.2) is 9.67 Å². The van der Waals surface area contributed by atoms with E-state index in [1.165, 1.54) is 18.0 Å². The van der Waals surface area contributed by atoms with Crippen LogP contribution in [0.2, 0.25) is 5.02 Å².